The molecule has 3 rings (SSSR count). The van der Waals surface area contributed by atoms with Crippen molar-refractivity contribution in [3.63, 3.8) is 0 Å². The number of aryl methyl sites for hydroxylation is 1. The van der Waals surface area contributed by atoms with E-state index in [0.29, 0.717) is 21.7 Å². The van der Waals surface area contributed by atoms with E-state index in [1.54, 1.807) is 18.2 Å². The maximum absolute atomic E-state index is 11.7. The Labute approximate surface area is 138 Å². The van der Waals surface area contributed by atoms with Gasteiger partial charge in [0.25, 0.3) is 0 Å². The summed E-state index contributed by atoms with van der Waals surface area (Å²) in [6.45, 7) is 1.92. The number of rotatable bonds is 3. The van der Waals surface area contributed by atoms with Gasteiger partial charge in [0.15, 0.2) is 9.84 Å². The minimum atomic E-state index is -3.33. The highest BCUT2D eigenvalue weighted by Gasteiger charge is 2.13. The second-order valence-electron chi connectivity index (χ2n) is 5.17. The fourth-order valence-corrected chi connectivity index (χ4v) is 3.04. The Bertz CT molecular complexity index is 1000. The van der Waals surface area contributed by atoms with Crippen molar-refractivity contribution in [2.75, 3.05) is 6.26 Å². The number of hydrogen-bond acceptors (Lipinski definition) is 5. The monoisotopic (exact) mass is 348 g/mol. The lowest BCUT2D eigenvalue weighted by Gasteiger charge is -2.10. The van der Waals surface area contributed by atoms with Gasteiger partial charge < -0.3 is 4.74 Å². The number of aromatic nitrogens is 2. The molecule has 0 radical (unpaired) electrons. The van der Waals surface area contributed by atoms with Gasteiger partial charge in [0.05, 0.1) is 20.8 Å². The van der Waals surface area contributed by atoms with E-state index in [2.05, 4.69) is 9.97 Å². The predicted octanol–water partition coefficient (Wildman–Crippen LogP) is 3.79. The molecule has 0 aliphatic heterocycles. The van der Waals surface area contributed by atoms with Crippen molar-refractivity contribution in [2.24, 2.45) is 0 Å². The van der Waals surface area contributed by atoms with Gasteiger partial charge in [-0.15, -0.1) is 0 Å². The molecule has 1 heterocycles. The number of benzene rings is 2. The zero-order valence-electron chi connectivity index (χ0n) is 12.4. The summed E-state index contributed by atoms with van der Waals surface area (Å²) in [5.74, 6) is 0.702. The van der Waals surface area contributed by atoms with E-state index in [4.69, 9.17) is 16.3 Å². The maximum atomic E-state index is 11.7. The van der Waals surface area contributed by atoms with Crippen molar-refractivity contribution in [3.8, 4) is 11.6 Å². The van der Waals surface area contributed by atoms with Crippen molar-refractivity contribution in [1.29, 1.82) is 0 Å². The molecule has 3 aromatic rings. The summed E-state index contributed by atoms with van der Waals surface area (Å²) in [5.41, 5.74) is 1.60. The Kier molecular flexibility index (Phi) is 3.95. The maximum Gasteiger partial charge on any atom is 0.230 e. The summed E-state index contributed by atoms with van der Waals surface area (Å²) in [6.07, 6.45) is 2.51. The zero-order valence-corrected chi connectivity index (χ0v) is 14.0. The van der Waals surface area contributed by atoms with Crippen LogP contribution < -0.4 is 4.74 Å². The minimum Gasteiger partial charge on any atom is -0.437 e. The van der Waals surface area contributed by atoms with Crippen LogP contribution in [-0.4, -0.2) is 24.6 Å². The summed E-state index contributed by atoms with van der Waals surface area (Å²) >= 11 is 6.17. The first-order valence-electron chi connectivity index (χ1n) is 6.73. The molecule has 23 heavy (non-hydrogen) atoms. The zero-order chi connectivity index (χ0) is 16.6. The molecular formula is C16H13ClN2O3S. The fraction of sp³-hybridized carbons (Fsp3) is 0.125. The molecule has 0 saturated carbocycles. The smallest absolute Gasteiger partial charge is 0.230 e. The second-order valence-corrected chi connectivity index (χ2v) is 7.59. The van der Waals surface area contributed by atoms with Crippen LogP contribution in [0.5, 0.6) is 11.6 Å². The molecule has 2 aromatic carbocycles. The van der Waals surface area contributed by atoms with Gasteiger partial charge in [-0.2, -0.15) is 0 Å². The molecule has 0 aliphatic carbocycles. The van der Waals surface area contributed by atoms with Crippen LogP contribution in [0.4, 0.5) is 0 Å². The SMILES string of the molecule is Cc1ccc(Oc2ncnc3ccc(S(C)(=O)=O)cc23)c(Cl)c1. The van der Waals surface area contributed by atoms with Crippen LogP contribution in [0.15, 0.2) is 47.6 Å². The summed E-state index contributed by atoms with van der Waals surface area (Å²) in [7, 11) is -3.33. The minimum absolute atomic E-state index is 0.180. The van der Waals surface area contributed by atoms with Gasteiger partial charge in [-0.05, 0) is 42.8 Å². The van der Waals surface area contributed by atoms with E-state index >= 15 is 0 Å². The lowest BCUT2D eigenvalue weighted by molar-refractivity contribution is 0.468. The molecule has 5 nitrogen and oxygen atoms in total. The van der Waals surface area contributed by atoms with E-state index in [1.165, 1.54) is 18.5 Å². The fourth-order valence-electron chi connectivity index (χ4n) is 2.12. The van der Waals surface area contributed by atoms with Crippen LogP contribution >= 0.6 is 11.6 Å². The van der Waals surface area contributed by atoms with Crippen LogP contribution in [0.2, 0.25) is 5.02 Å². The molecular weight excluding hydrogens is 336 g/mol. The summed E-state index contributed by atoms with van der Waals surface area (Å²) in [5, 5.41) is 0.961. The van der Waals surface area contributed by atoms with Gasteiger partial charge in [0.1, 0.15) is 12.1 Å². The number of nitrogens with zero attached hydrogens (tertiary/aromatic N) is 2. The van der Waals surface area contributed by atoms with Crippen LogP contribution in [0.3, 0.4) is 0 Å². The molecule has 0 spiro atoms. The third kappa shape index (κ3) is 3.28. The number of fused-ring (bicyclic) bond motifs is 1. The van der Waals surface area contributed by atoms with Crippen LogP contribution in [-0.2, 0) is 9.84 Å². The first-order chi connectivity index (χ1) is 10.8. The van der Waals surface area contributed by atoms with Gasteiger partial charge in [-0.1, -0.05) is 17.7 Å². The van der Waals surface area contributed by atoms with Crippen LogP contribution in [0, 0.1) is 6.92 Å². The molecule has 0 amide bonds. The van der Waals surface area contributed by atoms with E-state index in [0.717, 1.165) is 11.8 Å². The first-order valence-corrected chi connectivity index (χ1v) is 9.00. The standard InChI is InChI=1S/C16H13ClN2O3S/c1-10-3-6-15(13(17)7-10)22-16-12-8-11(23(2,20)21)4-5-14(12)18-9-19-16/h3-9H,1-2H3. The molecule has 0 atom stereocenters. The highest BCUT2D eigenvalue weighted by atomic mass is 35.5. The average Bonchev–Trinajstić information content (AvgIpc) is 2.49. The molecule has 0 N–H and O–H groups in total. The highest BCUT2D eigenvalue weighted by molar-refractivity contribution is 7.90. The predicted molar refractivity (Wildman–Crippen MR) is 88.9 cm³/mol. The highest BCUT2D eigenvalue weighted by Crippen LogP contribution is 2.32. The molecule has 118 valence electrons. The van der Waals surface area contributed by atoms with E-state index in [-0.39, 0.29) is 10.8 Å². The third-order valence-corrected chi connectivity index (χ3v) is 4.70. The van der Waals surface area contributed by atoms with Crippen molar-refractivity contribution in [1.82, 2.24) is 9.97 Å². The third-order valence-electron chi connectivity index (χ3n) is 3.29. The van der Waals surface area contributed by atoms with Crippen molar-refractivity contribution in [2.45, 2.75) is 11.8 Å². The first kappa shape index (κ1) is 15.7. The van der Waals surface area contributed by atoms with Crippen LogP contribution in [0.25, 0.3) is 10.9 Å². The second kappa shape index (κ2) is 5.79. The number of hydrogen-bond donors (Lipinski definition) is 0. The normalized spacial score (nSPS) is 11.6. The Morgan fingerprint density at radius 3 is 2.57 bits per heavy atom. The molecule has 0 unspecified atom stereocenters. The molecule has 0 aliphatic rings. The van der Waals surface area contributed by atoms with Crippen molar-refractivity contribution < 1.29 is 13.2 Å². The number of sulfone groups is 1. The lowest BCUT2D eigenvalue weighted by atomic mass is 10.2. The van der Waals surface area contributed by atoms with E-state index < -0.39 is 9.84 Å². The van der Waals surface area contributed by atoms with Crippen molar-refractivity contribution >= 4 is 32.3 Å². The topological polar surface area (TPSA) is 69.2 Å². The molecule has 7 heteroatoms. The molecule has 0 fully saturated rings. The van der Waals surface area contributed by atoms with E-state index in [1.807, 2.05) is 13.0 Å². The Balaban J connectivity index is 2.13. The molecule has 0 bridgehead atoms. The van der Waals surface area contributed by atoms with Gasteiger partial charge >= 0.3 is 0 Å². The number of ether oxygens (including phenoxy) is 1. The summed E-state index contributed by atoms with van der Waals surface area (Å²) in [4.78, 5) is 8.41. The van der Waals surface area contributed by atoms with Gasteiger partial charge in [-0.25, -0.2) is 18.4 Å². The largest absolute Gasteiger partial charge is 0.437 e. The summed E-state index contributed by atoms with van der Waals surface area (Å²) < 4.78 is 29.2. The van der Waals surface area contributed by atoms with Gasteiger partial charge in [0.2, 0.25) is 5.88 Å². The quantitative estimate of drug-likeness (QED) is 0.720. The number of halogens is 1. The van der Waals surface area contributed by atoms with E-state index in [9.17, 15) is 8.42 Å². The Hall–Kier alpha value is -2.18. The van der Waals surface area contributed by atoms with Crippen LogP contribution in [0.1, 0.15) is 5.56 Å². The summed E-state index contributed by atoms with van der Waals surface area (Å²) in [6, 6.07) is 10.0. The Morgan fingerprint density at radius 1 is 1.09 bits per heavy atom. The Morgan fingerprint density at radius 2 is 1.87 bits per heavy atom. The molecule has 0 saturated heterocycles. The average molecular weight is 349 g/mol. The van der Waals surface area contributed by atoms with Crippen molar-refractivity contribution in [3.05, 3.63) is 53.3 Å². The lowest BCUT2D eigenvalue weighted by Crippen LogP contribution is -1.98. The van der Waals surface area contributed by atoms with Gasteiger partial charge in [0, 0.05) is 6.26 Å². The molecule has 1 aromatic heterocycles. The van der Waals surface area contributed by atoms with Gasteiger partial charge in [-0.3, -0.25) is 0 Å².